The Balaban J connectivity index is 0. The maximum Gasteiger partial charge on any atom is 0.151 e. The Labute approximate surface area is 78.5 Å². The van der Waals surface area contributed by atoms with Crippen molar-refractivity contribution < 1.29 is 32.2 Å². The zero-order valence-corrected chi connectivity index (χ0v) is 8.91. The van der Waals surface area contributed by atoms with Crippen molar-refractivity contribution >= 4 is 0 Å². The van der Waals surface area contributed by atoms with E-state index in [1.165, 1.54) is 12.8 Å². The number of hydrogen-bond acceptors (Lipinski definition) is 2. The van der Waals surface area contributed by atoms with Gasteiger partial charge in [0.25, 0.3) is 0 Å². The van der Waals surface area contributed by atoms with Gasteiger partial charge in [0.2, 0.25) is 0 Å². The smallest absolute Gasteiger partial charge is 0.151 e. The van der Waals surface area contributed by atoms with E-state index in [-0.39, 0.29) is 22.4 Å². The van der Waals surface area contributed by atoms with Crippen LogP contribution >= 0.6 is 0 Å². The number of rotatable bonds is 5. The topological polar surface area (TPSA) is 29.5 Å². The van der Waals surface area contributed by atoms with E-state index < -0.39 is 6.29 Å². The Morgan fingerprint density at radius 3 is 2.40 bits per heavy atom. The molecular weight excluding hydrogens is 209 g/mol. The molecule has 1 unspecified atom stereocenters. The summed E-state index contributed by atoms with van der Waals surface area (Å²) in [6, 6.07) is 0. The van der Waals surface area contributed by atoms with E-state index in [0.29, 0.717) is 6.61 Å². The van der Waals surface area contributed by atoms with Gasteiger partial charge < -0.3 is 9.84 Å². The number of unbranched alkanes of at least 4 members (excludes halogenated alkanes) is 2. The standard InChI is InChI=1S/C7H16O2.Nb/c1-3-4-5-6-9-7(2)8;/h7-8H,3-6H2,1-2H3;. The van der Waals surface area contributed by atoms with Gasteiger partial charge in [-0.3, -0.25) is 0 Å². The van der Waals surface area contributed by atoms with Crippen molar-refractivity contribution in [2.75, 3.05) is 6.61 Å². The first kappa shape index (κ1) is 13.3. The summed E-state index contributed by atoms with van der Waals surface area (Å²) in [7, 11) is 0. The molecule has 0 aliphatic carbocycles. The fourth-order valence-corrected chi connectivity index (χ4v) is 0.606. The first-order valence-corrected chi connectivity index (χ1v) is 3.57. The van der Waals surface area contributed by atoms with Gasteiger partial charge in [-0.05, 0) is 13.3 Å². The Morgan fingerprint density at radius 2 is 2.00 bits per heavy atom. The van der Waals surface area contributed by atoms with Crippen molar-refractivity contribution in [3.05, 3.63) is 0 Å². The van der Waals surface area contributed by atoms with Crippen LogP contribution in [-0.4, -0.2) is 18.0 Å². The Morgan fingerprint density at radius 1 is 1.40 bits per heavy atom. The summed E-state index contributed by atoms with van der Waals surface area (Å²) < 4.78 is 4.90. The summed E-state index contributed by atoms with van der Waals surface area (Å²) in [5.74, 6) is 0. The second-order valence-electron chi connectivity index (χ2n) is 2.18. The van der Waals surface area contributed by atoms with Crippen LogP contribution in [0.3, 0.4) is 0 Å². The summed E-state index contributed by atoms with van der Waals surface area (Å²) in [6.45, 7) is 4.46. The number of aliphatic hydroxyl groups excluding tert-OH is 1. The largest absolute Gasteiger partial charge is 0.368 e. The molecule has 1 atom stereocenters. The van der Waals surface area contributed by atoms with E-state index in [1.807, 2.05) is 0 Å². The molecule has 0 aromatic heterocycles. The molecule has 0 rings (SSSR count). The van der Waals surface area contributed by atoms with Crippen LogP contribution in [0, 0.1) is 0 Å². The van der Waals surface area contributed by atoms with E-state index in [9.17, 15) is 0 Å². The van der Waals surface area contributed by atoms with Crippen LogP contribution in [0.2, 0.25) is 0 Å². The molecule has 0 bridgehead atoms. The number of aliphatic hydroxyl groups is 1. The summed E-state index contributed by atoms with van der Waals surface area (Å²) in [4.78, 5) is 0. The molecule has 0 fully saturated rings. The van der Waals surface area contributed by atoms with Gasteiger partial charge in [0, 0.05) is 29.0 Å². The Hall–Kier alpha value is 0.660. The van der Waals surface area contributed by atoms with Gasteiger partial charge in [-0.15, -0.1) is 0 Å². The molecule has 0 heterocycles. The minimum Gasteiger partial charge on any atom is -0.368 e. The fourth-order valence-electron chi connectivity index (χ4n) is 0.606. The van der Waals surface area contributed by atoms with Crippen LogP contribution < -0.4 is 0 Å². The summed E-state index contributed by atoms with van der Waals surface area (Å²) in [5, 5.41) is 8.63. The maximum absolute atomic E-state index is 8.63. The minimum absolute atomic E-state index is 0. The van der Waals surface area contributed by atoms with Gasteiger partial charge in [-0.1, -0.05) is 19.8 Å². The summed E-state index contributed by atoms with van der Waals surface area (Å²) in [6.07, 6.45) is 2.85. The molecule has 0 aromatic rings. The average molecular weight is 225 g/mol. The molecule has 0 spiro atoms. The molecule has 0 amide bonds. The average Bonchev–Trinajstić information content (AvgIpc) is 1.80. The SMILES string of the molecule is CCCCCOC(C)O.[Nb]. The molecule has 0 aromatic carbocycles. The molecule has 2 nitrogen and oxygen atoms in total. The third kappa shape index (κ3) is 11.5. The van der Waals surface area contributed by atoms with E-state index >= 15 is 0 Å². The van der Waals surface area contributed by atoms with Crippen molar-refractivity contribution in [1.82, 2.24) is 0 Å². The summed E-state index contributed by atoms with van der Waals surface area (Å²) >= 11 is 0. The first-order valence-electron chi connectivity index (χ1n) is 3.57. The zero-order chi connectivity index (χ0) is 7.11. The second-order valence-corrected chi connectivity index (χ2v) is 2.18. The molecular formula is C7H16NbO2. The molecule has 0 aliphatic rings. The van der Waals surface area contributed by atoms with Gasteiger partial charge >= 0.3 is 0 Å². The minimum atomic E-state index is -0.596. The van der Waals surface area contributed by atoms with Crippen molar-refractivity contribution in [2.24, 2.45) is 0 Å². The van der Waals surface area contributed by atoms with Gasteiger partial charge in [-0.25, -0.2) is 0 Å². The molecule has 0 saturated heterocycles. The van der Waals surface area contributed by atoms with Gasteiger partial charge in [0.15, 0.2) is 6.29 Å². The van der Waals surface area contributed by atoms with Crippen molar-refractivity contribution in [3.63, 3.8) is 0 Å². The zero-order valence-electron chi connectivity index (χ0n) is 6.71. The number of hydrogen-bond donors (Lipinski definition) is 1. The molecule has 1 N–H and O–H groups in total. The molecule has 1 radical (unpaired) electrons. The van der Waals surface area contributed by atoms with Crippen LogP contribution in [0.15, 0.2) is 0 Å². The van der Waals surface area contributed by atoms with E-state index in [2.05, 4.69) is 6.92 Å². The Bertz CT molecular complexity index is 57.6. The third-order valence-electron chi connectivity index (χ3n) is 1.11. The van der Waals surface area contributed by atoms with Crippen molar-refractivity contribution in [1.29, 1.82) is 0 Å². The molecule has 0 saturated carbocycles. The first-order chi connectivity index (χ1) is 4.27. The van der Waals surface area contributed by atoms with Gasteiger partial charge in [-0.2, -0.15) is 0 Å². The predicted octanol–water partition coefficient (Wildman–Crippen LogP) is 1.53. The normalized spacial score (nSPS) is 12.3. The molecule has 61 valence electrons. The van der Waals surface area contributed by atoms with Gasteiger partial charge in [0.05, 0.1) is 0 Å². The van der Waals surface area contributed by atoms with Crippen molar-refractivity contribution in [3.8, 4) is 0 Å². The molecule has 0 aliphatic heterocycles. The van der Waals surface area contributed by atoms with Gasteiger partial charge in [0.1, 0.15) is 0 Å². The second kappa shape index (κ2) is 9.66. The van der Waals surface area contributed by atoms with Crippen LogP contribution in [-0.2, 0) is 27.1 Å². The van der Waals surface area contributed by atoms with Crippen molar-refractivity contribution in [2.45, 2.75) is 39.4 Å². The predicted molar refractivity (Wildman–Crippen MR) is 37.2 cm³/mol. The van der Waals surface area contributed by atoms with Crippen LogP contribution in [0.25, 0.3) is 0 Å². The quantitative estimate of drug-likeness (QED) is 0.436. The monoisotopic (exact) mass is 225 g/mol. The third-order valence-corrected chi connectivity index (χ3v) is 1.11. The summed E-state index contributed by atoms with van der Waals surface area (Å²) in [5.41, 5.74) is 0. The maximum atomic E-state index is 8.63. The number of ether oxygens (including phenoxy) is 1. The molecule has 3 heteroatoms. The van der Waals surface area contributed by atoms with Crippen LogP contribution in [0.4, 0.5) is 0 Å². The Kier molecular flexibility index (Phi) is 12.8. The van der Waals surface area contributed by atoms with Crippen LogP contribution in [0.5, 0.6) is 0 Å². The van der Waals surface area contributed by atoms with E-state index in [0.717, 1.165) is 6.42 Å². The van der Waals surface area contributed by atoms with Crippen LogP contribution in [0.1, 0.15) is 33.1 Å². The fraction of sp³-hybridized carbons (Fsp3) is 1.00. The van der Waals surface area contributed by atoms with E-state index in [1.54, 1.807) is 6.92 Å². The van der Waals surface area contributed by atoms with E-state index in [4.69, 9.17) is 9.84 Å². The molecule has 10 heavy (non-hydrogen) atoms.